The third-order valence-electron chi connectivity index (χ3n) is 4.54. The van der Waals surface area contributed by atoms with Crippen molar-refractivity contribution in [2.75, 3.05) is 20.3 Å². The molecule has 0 aromatic heterocycles. The van der Waals surface area contributed by atoms with Crippen LogP contribution in [0.2, 0.25) is 0 Å². The maximum Gasteiger partial charge on any atom is 0.220 e. The Bertz CT molecular complexity index is 788. The monoisotopic (exact) mass is 385 g/mol. The van der Waals surface area contributed by atoms with Crippen LogP contribution in [-0.4, -0.2) is 26.2 Å². The SMILES string of the molecule is CCOc1ccc([C@H](C)NC(=O)CCc2ccc(OC)c(C)c2)cc1OCC. The summed E-state index contributed by atoms with van der Waals surface area (Å²) < 4.78 is 16.5. The number of carbonyl (C=O) groups is 1. The first-order valence-electron chi connectivity index (χ1n) is 9.80. The lowest BCUT2D eigenvalue weighted by Crippen LogP contribution is -2.26. The summed E-state index contributed by atoms with van der Waals surface area (Å²) in [5, 5.41) is 3.06. The normalized spacial score (nSPS) is 11.6. The third kappa shape index (κ3) is 5.91. The van der Waals surface area contributed by atoms with Gasteiger partial charge in [-0.25, -0.2) is 0 Å². The summed E-state index contributed by atoms with van der Waals surface area (Å²) >= 11 is 0. The fourth-order valence-electron chi connectivity index (χ4n) is 3.09. The van der Waals surface area contributed by atoms with E-state index in [1.54, 1.807) is 7.11 Å². The van der Waals surface area contributed by atoms with E-state index < -0.39 is 0 Å². The fraction of sp³-hybridized carbons (Fsp3) is 0.435. The predicted molar refractivity (Wildman–Crippen MR) is 111 cm³/mol. The van der Waals surface area contributed by atoms with Crippen LogP contribution in [0.15, 0.2) is 36.4 Å². The Morgan fingerprint density at radius 3 is 2.32 bits per heavy atom. The molecule has 28 heavy (non-hydrogen) atoms. The highest BCUT2D eigenvalue weighted by atomic mass is 16.5. The molecule has 5 nitrogen and oxygen atoms in total. The van der Waals surface area contributed by atoms with Gasteiger partial charge in [-0.1, -0.05) is 18.2 Å². The fourth-order valence-corrected chi connectivity index (χ4v) is 3.09. The quantitative estimate of drug-likeness (QED) is 0.649. The van der Waals surface area contributed by atoms with E-state index in [0.29, 0.717) is 31.8 Å². The summed E-state index contributed by atoms with van der Waals surface area (Å²) in [5.74, 6) is 2.31. The molecule has 152 valence electrons. The highest BCUT2D eigenvalue weighted by Crippen LogP contribution is 2.30. The lowest BCUT2D eigenvalue weighted by molar-refractivity contribution is -0.121. The average Bonchev–Trinajstić information content (AvgIpc) is 2.68. The van der Waals surface area contributed by atoms with Gasteiger partial charge in [0.05, 0.1) is 26.4 Å². The van der Waals surface area contributed by atoms with Crippen molar-refractivity contribution in [3.05, 3.63) is 53.1 Å². The number of hydrogen-bond donors (Lipinski definition) is 1. The van der Waals surface area contributed by atoms with Crippen LogP contribution in [0.3, 0.4) is 0 Å². The molecule has 1 amide bonds. The summed E-state index contributed by atoms with van der Waals surface area (Å²) in [5.41, 5.74) is 3.19. The van der Waals surface area contributed by atoms with Crippen LogP contribution in [0.4, 0.5) is 0 Å². The molecule has 0 aliphatic carbocycles. The first-order valence-corrected chi connectivity index (χ1v) is 9.80. The van der Waals surface area contributed by atoms with E-state index >= 15 is 0 Å². The van der Waals surface area contributed by atoms with Crippen LogP contribution < -0.4 is 19.5 Å². The van der Waals surface area contributed by atoms with Crippen molar-refractivity contribution in [3.8, 4) is 17.2 Å². The van der Waals surface area contributed by atoms with Crippen molar-refractivity contribution in [2.24, 2.45) is 0 Å². The number of benzene rings is 2. The van der Waals surface area contributed by atoms with Gasteiger partial charge in [0.1, 0.15) is 5.75 Å². The predicted octanol–water partition coefficient (Wildman–Crippen LogP) is 4.61. The molecule has 0 fully saturated rings. The van der Waals surface area contributed by atoms with Gasteiger partial charge in [-0.3, -0.25) is 4.79 Å². The lowest BCUT2D eigenvalue weighted by Gasteiger charge is -2.17. The molecule has 0 radical (unpaired) electrons. The van der Waals surface area contributed by atoms with E-state index in [2.05, 4.69) is 11.4 Å². The minimum Gasteiger partial charge on any atom is -0.496 e. The van der Waals surface area contributed by atoms with Gasteiger partial charge in [0.25, 0.3) is 0 Å². The molecular formula is C23H31NO4. The average molecular weight is 386 g/mol. The number of amides is 1. The maximum atomic E-state index is 12.4. The van der Waals surface area contributed by atoms with Crippen LogP contribution in [0.25, 0.3) is 0 Å². The molecule has 0 heterocycles. The van der Waals surface area contributed by atoms with Crippen LogP contribution in [0.5, 0.6) is 17.2 Å². The minimum absolute atomic E-state index is 0.0211. The summed E-state index contributed by atoms with van der Waals surface area (Å²) in [6.45, 7) is 9.00. The topological polar surface area (TPSA) is 56.8 Å². The Balaban J connectivity index is 1.96. The molecule has 0 saturated heterocycles. The van der Waals surface area contributed by atoms with E-state index in [1.807, 2.05) is 58.0 Å². The van der Waals surface area contributed by atoms with E-state index in [4.69, 9.17) is 14.2 Å². The molecule has 0 bridgehead atoms. The lowest BCUT2D eigenvalue weighted by atomic mass is 10.0. The highest BCUT2D eigenvalue weighted by Gasteiger charge is 2.13. The van der Waals surface area contributed by atoms with Crippen LogP contribution >= 0.6 is 0 Å². The largest absolute Gasteiger partial charge is 0.496 e. The van der Waals surface area contributed by atoms with Crippen LogP contribution in [0.1, 0.15) is 49.9 Å². The molecular weight excluding hydrogens is 354 g/mol. The van der Waals surface area contributed by atoms with Gasteiger partial charge in [0, 0.05) is 6.42 Å². The Morgan fingerprint density at radius 1 is 1.00 bits per heavy atom. The maximum absolute atomic E-state index is 12.4. The zero-order chi connectivity index (χ0) is 20.5. The summed E-state index contributed by atoms with van der Waals surface area (Å²) in [7, 11) is 1.66. The van der Waals surface area contributed by atoms with E-state index in [1.165, 1.54) is 0 Å². The van der Waals surface area contributed by atoms with Gasteiger partial charge in [-0.2, -0.15) is 0 Å². The second kappa shape index (κ2) is 10.6. The van der Waals surface area contributed by atoms with Crippen LogP contribution in [-0.2, 0) is 11.2 Å². The number of nitrogens with one attached hydrogen (secondary N) is 1. The van der Waals surface area contributed by atoms with Gasteiger partial charge >= 0.3 is 0 Å². The van der Waals surface area contributed by atoms with Crippen molar-refractivity contribution in [3.63, 3.8) is 0 Å². The summed E-state index contributed by atoms with van der Waals surface area (Å²) in [6, 6.07) is 11.7. The summed E-state index contributed by atoms with van der Waals surface area (Å²) in [4.78, 5) is 12.4. The van der Waals surface area contributed by atoms with E-state index in [-0.39, 0.29) is 11.9 Å². The van der Waals surface area contributed by atoms with Gasteiger partial charge in [-0.05, 0) is 69.0 Å². The van der Waals surface area contributed by atoms with E-state index in [9.17, 15) is 4.79 Å². The molecule has 0 aliphatic rings. The van der Waals surface area contributed by atoms with Crippen molar-refractivity contribution in [1.29, 1.82) is 0 Å². The number of methoxy groups -OCH3 is 1. The minimum atomic E-state index is -0.111. The van der Waals surface area contributed by atoms with Gasteiger partial charge < -0.3 is 19.5 Å². The number of aryl methyl sites for hydroxylation is 2. The third-order valence-corrected chi connectivity index (χ3v) is 4.54. The zero-order valence-electron chi connectivity index (χ0n) is 17.5. The van der Waals surface area contributed by atoms with Crippen molar-refractivity contribution < 1.29 is 19.0 Å². The number of rotatable bonds is 10. The van der Waals surface area contributed by atoms with Crippen molar-refractivity contribution >= 4 is 5.91 Å². The van der Waals surface area contributed by atoms with Gasteiger partial charge in [-0.15, -0.1) is 0 Å². The second-order valence-corrected chi connectivity index (χ2v) is 6.67. The summed E-state index contributed by atoms with van der Waals surface area (Å²) in [6.07, 6.45) is 1.13. The molecule has 0 spiro atoms. The van der Waals surface area contributed by atoms with Crippen molar-refractivity contribution in [1.82, 2.24) is 5.32 Å². The Labute approximate surface area is 168 Å². The van der Waals surface area contributed by atoms with Gasteiger partial charge in [0.2, 0.25) is 5.91 Å². The van der Waals surface area contributed by atoms with E-state index in [0.717, 1.165) is 28.2 Å². The molecule has 2 aromatic carbocycles. The molecule has 2 aromatic rings. The number of ether oxygens (including phenoxy) is 3. The highest BCUT2D eigenvalue weighted by molar-refractivity contribution is 5.76. The first kappa shape index (κ1) is 21.6. The number of carbonyl (C=O) groups excluding carboxylic acids is 1. The van der Waals surface area contributed by atoms with Gasteiger partial charge in [0.15, 0.2) is 11.5 Å². The Hall–Kier alpha value is -2.69. The van der Waals surface area contributed by atoms with Crippen molar-refractivity contribution in [2.45, 2.75) is 46.6 Å². The standard InChI is InChI=1S/C23H31NO4/c1-6-27-21-12-10-19(15-22(21)28-7-2)17(4)24-23(25)13-9-18-8-11-20(26-5)16(3)14-18/h8,10-12,14-15,17H,6-7,9,13H2,1-5H3,(H,24,25)/t17-/m0/s1. The molecule has 1 N–H and O–H groups in total. The Kier molecular flexibility index (Phi) is 8.18. The van der Waals surface area contributed by atoms with Crippen LogP contribution in [0, 0.1) is 6.92 Å². The zero-order valence-corrected chi connectivity index (χ0v) is 17.5. The Morgan fingerprint density at radius 2 is 1.68 bits per heavy atom. The smallest absolute Gasteiger partial charge is 0.220 e. The number of hydrogen-bond acceptors (Lipinski definition) is 4. The second-order valence-electron chi connectivity index (χ2n) is 6.67. The molecule has 0 saturated carbocycles. The first-order chi connectivity index (χ1) is 13.5. The molecule has 1 atom stereocenters. The molecule has 0 aliphatic heterocycles. The molecule has 0 unspecified atom stereocenters. The molecule has 5 heteroatoms. The molecule has 2 rings (SSSR count).